The van der Waals surface area contributed by atoms with Crippen molar-refractivity contribution in [3.63, 3.8) is 0 Å². The Hall–Kier alpha value is -3.13. The van der Waals surface area contributed by atoms with Crippen LogP contribution in [0, 0.1) is 27.7 Å². The summed E-state index contributed by atoms with van der Waals surface area (Å²) in [5.41, 5.74) is 5.17. The Kier molecular flexibility index (Phi) is 4.89. The molecular formula is C22H27N5O3. The van der Waals surface area contributed by atoms with Crippen LogP contribution in [0.15, 0.2) is 27.8 Å². The number of imidazole rings is 2. The molecule has 1 aromatic carbocycles. The second-order valence-corrected chi connectivity index (χ2v) is 7.90. The number of aryl methyl sites for hydroxylation is 4. The number of rotatable bonds is 5. The van der Waals surface area contributed by atoms with Gasteiger partial charge in [0.25, 0.3) is 5.56 Å². The van der Waals surface area contributed by atoms with Crippen molar-refractivity contribution in [1.29, 1.82) is 0 Å². The van der Waals surface area contributed by atoms with E-state index in [4.69, 9.17) is 4.74 Å². The Balaban J connectivity index is 2.02. The van der Waals surface area contributed by atoms with Crippen LogP contribution in [-0.4, -0.2) is 36.8 Å². The van der Waals surface area contributed by atoms with Crippen LogP contribution in [-0.2, 0) is 24.9 Å². The lowest BCUT2D eigenvalue weighted by Gasteiger charge is -2.11. The molecule has 158 valence electrons. The van der Waals surface area contributed by atoms with E-state index in [-0.39, 0.29) is 17.8 Å². The highest BCUT2D eigenvalue weighted by Crippen LogP contribution is 2.20. The van der Waals surface area contributed by atoms with Crippen LogP contribution in [0.4, 0.5) is 0 Å². The highest BCUT2D eigenvalue weighted by Gasteiger charge is 2.22. The van der Waals surface area contributed by atoms with Gasteiger partial charge in [-0.2, -0.15) is 4.98 Å². The molecule has 8 nitrogen and oxygen atoms in total. The number of benzene rings is 1. The minimum atomic E-state index is -0.369. The summed E-state index contributed by atoms with van der Waals surface area (Å²) >= 11 is 0. The first-order valence-electron chi connectivity index (χ1n) is 9.99. The van der Waals surface area contributed by atoms with E-state index in [1.807, 2.05) is 54.9 Å². The van der Waals surface area contributed by atoms with Crippen LogP contribution in [0.5, 0.6) is 0 Å². The molecule has 0 aliphatic carbocycles. The standard InChI is InChI=1S/C22H27N5O3/c1-13-7-8-14(2)17(11-13)12-26-20(28)18-19(24(5)22(26)29)23-21-25(9-10-30-6)15(3)16(4)27(18)21/h7-8,11H,9-10,12H2,1-6H3. The van der Waals surface area contributed by atoms with Gasteiger partial charge in [0, 0.05) is 32.1 Å². The molecule has 8 heteroatoms. The molecule has 0 bridgehead atoms. The van der Waals surface area contributed by atoms with Gasteiger partial charge in [0.1, 0.15) is 0 Å². The van der Waals surface area contributed by atoms with Gasteiger partial charge in [-0.1, -0.05) is 23.8 Å². The summed E-state index contributed by atoms with van der Waals surface area (Å²) in [6.07, 6.45) is 0. The maximum absolute atomic E-state index is 13.5. The average Bonchev–Trinajstić information content (AvgIpc) is 3.21. The molecule has 0 atom stereocenters. The zero-order valence-corrected chi connectivity index (χ0v) is 18.3. The van der Waals surface area contributed by atoms with Crippen LogP contribution in [0.1, 0.15) is 28.1 Å². The lowest BCUT2D eigenvalue weighted by Crippen LogP contribution is -2.39. The van der Waals surface area contributed by atoms with Crippen LogP contribution >= 0.6 is 0 Å². The molecule has 0 saturated carbocycles. The van der Waals surface area contributed by atoms with Crippen LogP contribution in [0.25, 0.3) is 16.9 Å². The Labute approximate surface area is 174 Å². The number of nitrogens with zero attached hydrogens (tertiary/aromatic N) is 5. The molecule has 0 fully saturated rings. The summed E-state index contributed by atoms with van der Waals surface area (Å²) in [5.74, 6) is 0.647. The predicted molar refractivity (Wildman–Crippen MR) is 117 cm³/mol. The van der Waals surface area contributed by atoms with E-state index in [0.717, 1.165) is 28.1 Å². The third-order valence-corrected chi connectivity index (χ3v) is 5.98. The fraction of sp³-hybridized carbons (Fsp3) is 0.409. The Morgan fingerprint density at radius 3 is 2.47 bits per heavy atom. The van der Waals surface area contributed by atoms with E-state index in [1.54, 1.807) is 14.2 Å². The number of aromatic nitrogens is 5. The highest BCUT2D eigenvalue weighted by atomic mass is 16.5. The van der Waals surface area contributed by atoms with Gasteiger partial charge in [-0.15, -0.1) is 0 Å². The number of fused-ring (bicyclic) bond motifs is 3. The van der Waals surface area contributed by atoms with Gasteiger partial charge >= 0.3 is 5.69 Å². The molecule has 0 aliphatic heterocycles. The molecule has 4 rings (SSSR count). The summed E-state index contributed by atoms with van der Waals surface area (Å²) in [6, 6.07) is 6.06. The van der Waals surface area contributed by atoms with Crippen molar-refractivity contribution in [3.05, 3.63) is 67.1 Å². The minimum Gasteiger partial charge on any atom is -0.383 e. The maximum Gasteiger partial charge on any atom is 0.332 e. The molecule has 0 saturated heterocycles. The monoisotopic (exact) mass is 409 g/mol. The molecular weight excluding hydrogens is 382 g/mol. The molecule has 4 aromatic rings. The van der Waals surface area contributed by atoms with Crippen LogP contribution in [0.2, 0.25) is 0 Å². The van der Waals surface area contributed by atoms with Gasteiger partial charge in [0.2, 0.25) is 5.78 Å². The first kappa shape index (κ1) is 20.2. The van der Waals surface area contributed by atoms with Gasteiger partial charge < -0.3 is 9.30 Å². The molecule has 3 aromatic heterocycles. The predicted octanol–water partition coefficient (Wildman–Crippen LogP) is 2.08. The molecule has 0 amide bonds. The number of hydrogen-bond donors (Lipinski definition) is 0. The van der Waals surface area contributed by atoms with Gasteiger partial charge in [0.05, 0.1) is 13.2 Å². The lowest BCUT2D eigenvalue weighted by atomic mass is 10.1. The number of hydrogen-bond acceptors (Lipinski definition) is 4. The molecule has 0 aliphatic rings. The van der Waals surface area contributed by atoms with E-state index in [1.165, 1.54) is 9.13 Å². The number of methoxy groups -OCH3 is 1. The Morgan fingerprint density at radius 1 is 1.03 bits per heavy atom. The van der Waals surface area contributed by atoms with Gasteiger partial charge in [-0.25, -0.2) is 4.79 Å². The number of ether oxygens (including phenoxy) is 1. The van der Waals surface area contributed by atoms with E-state index < -0.39 is 0 Å². The Bertz CT molecular complexity index is 1400. The Morgan fingerprint density at radius 2 is 1.77 bits per heavy atom. The van der Waals surface area contributed by atoms with Crippen molar-refractivity contribution in [2.24, 2.45) is 7.05 Å². The van der Waals surface area contributed by atoms with E-state index >= 15 is 0 Å². The maximum atomic E-state index is 13.5. The zero-order chi connectivity index (χ0) is 21.7. The lowest BCUT2D eigenvalue weighted by molar-refractivity contribution is 0.187. The normalized spacial score (nSPS) is 11.8. The smallest absolute Gasteiger partial charge is 0.332 e. The van der Waals surface area contributed by atoms with Crippen LogP contribution in [0.3, 0.4) is 0 Å². The van der Waals surface area contributed by atoms with Crippen LogP contribution < -0.4 is 11.2 Å². The molecule has 0 N–H and O–H groups in total. The molecule has 0 unspecified atom stereocenters. The van der Waals surface area contributed by atoms with Gasteiger partial charge in [-0.3, -0.25) is 18.3 Å². The van der Waals surface area contributed by atoms with Crippen molar-refractivity contribution in [2.45, 2.75) is 40.8 Å². The summed E-state index contributed by atoms with van der Waals surface area (Å²) in [4.78, 5) is 31.3. The third-order valence-electron chi connectivity index (χ3n) is 5.98. The van der Waals surface area contributed by atoms with E-state index in [0.29, 0.717) is 30.1 Å². The first-order chi connectivity index (χ1) is 14.3. The van der Waals surface area contributed by atoms with E-state index in [9.17, 15) is 9.59 Å². The van der Waals surface area contributed by atoms with Crippen molar-refractivity contribution >= 4 is 16.9 Å². The van der Waals surface area contributed by atoms with E-state index in [2.05, 4.69) is 4.98 Å². The van der Waals surface area contributed by atoms with Gasteiger partial charge in [-0.05, 0) is 38.8 Å². The summed E-state index contributed by atoms with van der Waals surface area (Å²) in [6.45, 7) is 9.34. The van der Waals surface area contributed by atoms with Crippen molar-refractivity contribution < 1.29 is 4.74 Å². The summed E-state index contributed by atoms with van der Waals surface area (Å²) in [7, 11) is 3.32. The largest absolute Gasteiger partial charge is 0.383 e. The quantitative estimate of drug-likeness (QED) is 0.506. The second kappa shape index (κ2) is 7.28. The van der Waals surface area contributed by atoms with Gasteiger partial charge in [0.15, 0.2) is 11.2 Å². The second-order valence-electron chi connectivity index (χ2n) is 7.90. The fourth-order valence-corrected chi connectivity index (χ4v) is 4.05. The average molecular weight is 409 g/mol. The third kappa shape index (κ3) is 2.90. The highest BCUT2D eigenvalue weighted by molar-refractivity contribution is 5.76. The van der Waals surface area contributed by atoms with Crippen molar-refractivity contribution in [3.8, 4) is 0 Å². The topological polar surface area (TPSA) is 75.5 Å². The molecule has 0 radical (unpaired) electrons. The zero-order valence-electron chi connectivity index (χ0n) is 18.3. The van der Waals surface area contributed by atoms with Crippen molar-refractivity contribution in [2.75, 3.05) is 13.7 Å². The first-order valence-corrected chi connectivity index (χ1v) is 9.99. The SMILES string of the molecule is COCCn1c(C)c(C)n2c3c(=O)n(Cc4cc(C)ccc4C)c(=O)n(C)c3nc12. The van der Waals surface area contributed by atoms with Crippen molar-refractivity contribution in [1.82, 2.24) is 23.1 Å². The molecule has 30 heavy (non-hydrogen) atoms. The molecule has 0 spiro atoms. The molecule has 3 heterocycles. The summed E-state index contributed by atoms with van der Waals surface area (Å²) in [5, 5.41) is 0. The fourth-order valence-electron chi connectivity index (χ4n) is 4.05. The summed E-state index contributed by atoms with van der Waals surface area (Å²) < 4.78 is 11.9. The minimum absolute atomic E-state index is 0.227.